The van der Waals surface area contributed by atoms with Crippen molar-refractivity contribution < 1.29 is 9.90 Å². The van der Waals surface area contributed by atoms with Gasteiger partial charge in [0.15, 0.2) is 5.78 Å². The summed E-state index contributed by atoms with van der Waals surface area (Å²) in [7, 11) is 0. The average molecular weight is 352 g/mol. The van der Waals surface area contributed by atoms with Gasteiger partial charge in [0, 0.05) is 50.9 Å². The molecule has 0 aliphatic carbocycles. The Hall–Kier alpha value is -2.01. The van der Waals surface area contributed by atoms with E-state index in [4.69, 9.17) is 0 Å². The van der Waals surface area contributed by atoms with Crippen molar-refractivity contribution in [3.8, 4) is 0 Å². The van der Waals surface area contributed by atoms with Gasteiger partial charge in [0.2, 0.25) is 0 Å². The average Bonchev–Trinajstić information content (AvgIpc) is 2.65. The van der Waals surface area contributed by atoms with Gasteiger partial charge in [-0.2, -0.15) is 0 Å². The second-order valence-corrected chi connectivity index (χ2v) is 7.11. The van der Waals surface area contributed by atoms with E-state index in [2.05, 4.69) is 40.1 Å². The predicted octanol–water partition coefficient (Wildman–Crippen LogP) is 2.96. The fourth-order valence-corrected chi connectivity index (χ4v) is 3.70. The van der Waals surface area contributed by atoms with Crippen LogP contribution in [0.4, 0.5) is 0 Å². The molecule has 2 aromatic carbocycles. The summed E-state index contributed by atoms with van der Waals surface area (Å²) in [5.74, 6) is 0.109. The molecule has 1 heterocycles. The first-order valence-electron chi connectivity index (χ1n) is 9.37. The molecule has 0 spiro atoms. The third-order valence-electron chi connectivity index (χ3n) is 5.12. The van der Waals surface area contributed by atoms with Crippen LogP contribution < -0.4 is 0 Å². The van der Waals surface area contributed by atoms with Crippen molar-refractivity contribution in [1.82, 2.24) is 9.80 Å². The first-order valence-corrected chi connectivity index (χ1v) is 9.37. The van der Waals surface area contributed by atoms with Gasteiger partial charge in [-0.25, -0.2) is 0 Å². The maximum absolute atomic E-state index is 11.6. The molecule has 1 saturated heterocycles. The first kappa shape index (κ1) is 18.8. The topological polar surface area (TPSA) is 43.8 Å². The van der Waals surface area contributed by atoms with Crippen molar-refractivity contribution in [1.29, 1.82) is 0 Å². The quantitative estimate of drug-likeness (QED) is 0.778. The van der Waals surface area contributed by atoms with Crippen molar-refractivity contribution in [2.45, 2.75) is 32.5 Å². The number of Topliss-reactive ketones (excluding diaryl/α,β-unsaturated/α-hetero) is 1. The van der Waals surface area contributed by atoms with Crippen LogP contribution in [0.15, 0.2) is 54.6 Å². The molecule has 1 fully saturated rings. The minimum Gasteiger partial charge on any atom is -0.396 e. The molecular formula is C22H28N2O2. The second-order valence-electron chi connectivity index (χ2n) is 7.11. The Morgan fingerprint density at radius 1 is 1.04 bits per heavy atom. The molecule has 4 heteroatoms. The van der Waals surface area contributed by atoms with Crippen molar-refractivity contribution in [3.63, 3.8) is 0 Å². The van der Waals surface area contributed by atoms with Gasteiger partial charge < -0.3 is 5.11 Å². The summed E-state index contributed by atoms with van der Waals surface area (Å²) in [4.78, 5) is 16.5. The van der Waals surface area contributed by atoms with Crippen LogP contribution in [0, 0.1) is 0 Å². The van der Waals surface area contributed by atoms with Crippen LogP contribution in [0.25, 0.3) is 0 Å². The Labute approximate surface area is 156 Å². The van der Waals surface area contributed by atoms with Gasteiger partial charge in [-0.3, -0.25) is 14.6 Å². The molecule has 138 valence electrons. The Kier molecular flexibility index (Phi) is 6.56. The van der Waals surface area contributed by atoms with Gasteiger partial charge in [-0.15, -0.1) is 0 Å². The van der Waals surface area contributed by atoms with Crippen molar-refractivity contribution in [3.05, 3.63) is 71.3 Å². The Bertz CT molecular complexity index is 717. The van der Waals surface area contributed by atoms with Crippen molar-refractivity contribution in [2.75, 3.05) is 26.2 Å². The number of rotatable bonds is 7. The maximum atomic E-state index is 11.6. The van der Waals surface area contributed by atoms with Crippen LogP contribution in [0.5, 0.6) is 0 Å². The Balaban J connectivity index is 1.63. The van der Waals surface area contributed by atoms with E-state index in [1.165, 1.54) is 11.1 Å². The van der Waals surface area contributed by atoms with Crippen LogP contribution >= 0.6 is 0 Å². The normalized spacial score (nSPS) is 18.8. The monoisotopic (exact) mass is 352 g/mol. The number of hydrogen-bond donors (Lipinski definition) is 1. The smallest absolute Gasteiger partial charge is 0.159 e. The summed E-state index contributed by atoms with van der Waals surface area (Å²) >= 11 is 0. The highest BCUT2D eigenvalue weighted by molar-refractivity contribution is 5.94. The molecule has 0 unspecified atom stereocenters. The molecule has 26 heavy (non-hydrogen) atoms. The number of carbonyl (C=O) groups is 1. The zero-order valence-electron chi connectivity index (χ0n) is 15.5. The lowest BCUT2D eigenvalue weighted by atomic mass is 10.0. The minimum atomic E-state index is 0.109. The minimum absolute atomic E-state index is 0.109. The molecule has 1 atom stereocenters. The van der Waals surface area contributed by atoms with Crippen LogP contribution in [0.1, 0.15) is 34.8 Å². The molecule has 0 aromatic heterocycles. The largest absolute Gasteiger partial charge is 0.396 e. The third kappa shape index (κ3) is 5.01. The predicted molar refractivity (Wildman–Crippen MR) is 104 cm³/mol. The van der Waals surface area contributed by atoms with E-state index in [1.54, 1.807) is 6.92 Å². The molecule has 0 bridgehead atoms. The maximum Gasteiger partial charge on any atom is 0.159 e. The van der Waals surface area contributed by atoms with E-state index in [-0.39, 0.29) is 12.4 Å². The van der Waals surface area contributed by atoms with Crippen LogP contribution in [-0.2, 0) is 13.1 Å². The second kappa shape index (κ2) is 9.08. The Morgan fingerprint density at radius 2 is 1.81 bits per heavy atom. The lowest BCUT2D eigenvalue weighted by Gasteiger charge is -2.41. The SMILES string of the molecule is CC(=O)c1cccc(CN2CCN(Cc3ccccc3)[C@H](CCO)C2)c1. The number of piperazine rings is 1. The van der Waals surface area contributed by atoms with E-state index in [0.29, 0.717) is 6.04 Å². The molecule has 1 aliphatic heterocycles. The van der Waals surface area contributed by atoms with E-state index in [9.17, 15) is 9.90 Å². The van der Waals surface area contributed by atoms with E-state index in [0.717, 1.165) is 44.7 Å². The number of aliphatic hydroxyl groups is 1. The van der Waals surface area contributed by atoms with Gasteiger partial charge >= 0.3 is 0 Å². The molecule has 0 radical (unpaired) electrons. The van der Waals surface area contributed by atoms with Crippen LogP contribution in [-0.4, -0.2) is 53.0 Å². The van der Waals surface area contributed by atoms with Gasteiger partial charge in [-0.05, 0) is 30.5 Å². The molecule has 0 saturated carbocycles. The highest BCUT2D eigenvalue weighted by Crippen LogP contribution is 2.19. The molecule has 4 nitrogen and oxygen atoms in total. The number of benzene rings is 2. The van der Waals surface area contributed by atoms with E-state index < -0.39 is 0 Å². The molecule has 0 amide bonds. The summed E-state index contributed by atoms with van der Waals surface area (Å²) < 4.78 is 0. The van der Waals surface area contributed by atoms with Crippen molar-refractivity contribution >= 4 is 5.78 Å². The summed E-state index contributed by atoms with van der Waals surface area (Å²) in [5.41, 5.74) is 3.27. The summed E-state index contributed by atoms with van der Waals surface area (Å²) in [6.07, 6.45) is 0.789. The molecule has 2 aromatic rings. The van der Waals surface area contributed by atoms with E-state index in [1.807, 2.05) is 24.3 Å². The number of carbonyl (C=O) groups excluding carboxylic acids is 1. The molecule has 1 N–H and O–H groups in total. The highest BCUT2D eigenvalue weighted by Gasteiger charge is 2.26. The number of hydrogen-bond acceptors (Lipinski definition) is 4. The van der Waals surface area contributed by atoms with Crippen LogP contribution in [0.2, 0.25) is 0 Å². The zero-order chi connectivity index (χ0) is 18.4. The van der Waals surface area contributed by atoms with Crippen LogP contribution in [0.3, 0.4) is 0 Å². The molecular weight excluding hydrogens is 324 g/mol. The fourth-order valence-electron chi connectivity index (χ4n) is 3.70. The number of nitrogens with zero attached hydrogens (tertiary/aromatic N) is 2. The molecule has 1 aliphatic rings. The highest BCUT2D eigenvalue weighted by atomic mass is 16.3. The standard InChI is InChI=1S/C22H28N2O2/c1-18(26)21-9-5-8-20(14-21)15-23-11-12-24(22(17-23)10-13-25)16-19-6-3-2-4-7-19/h2-9,14,22,25H,10-13,15-17H2,1H3/t22-/m1/s1. The van der Waals surface area contributed by atoms with Gasteiger partial charge in [0.1, 0.15) is 0 Å². The lowest BCUT2D eigenvalue weighted by Crippen LogP contribution is -2.52. The summed E-state index contributed by atoms with van der Waals surface area (Å²) in [6, 6.07) is 18.8. The van der Waals surface area contributed by atoms with Gasteiger partial charge in [0.25, 0.3) is 0 Å². The Morgan fingerprint density at radius 3 is 2.54 bits per heavy atom. The zero-order valence-corrected chi connectivity index (χ0v) is 15.5. The lowest BCUT2D eigenvalue weighted by molar-refractivity contribution is 0.0499. The number of aliphatic hydroxyl groups excluding tert-OH is 1. The van der Waals surface area contributed by atoms with Gasteiger partial charge in [-0.1, -0.05) is 48.5 Å². The molecule has 3 rings (SSSR count). The fraction of sp³-hybridized carbons (Fsp3) is 0.409. The van der Waals surface area contributed by atoms with E-state index >= 15 is 0 Å². The summed E-state index contributed by atoms with van der Waals surface area (Å²) in [6.45, 7) is 6.53. The number of ketones is 1. The third-order valence-corrected chi connectivity index (χ3v) is 5.12. The van der Waals surface area contributed by atoms with Gasteiger partial charge in [0.05, 0.1) is 0 Å². The first-order chi connectivity index (χ1) is 12.7. The van der Waals surface area contributed by atoms with Crippen molar-refractivity contribution in [2.24, 2.45) is 0 Å². The summed E-state index contributed by atoms with van der Waals surface area (Å²) in [5, 5.41) is 9.49.